The Morgan fingerprint density at radius 1 is 1.19 bits per heavy atom. The number of nitrogens with one attached hydrogen (secondary N) is 3. The van der Waals surface area contributed by atoms with Gasteiger partial charge in [0.15, 0.2) is 5.16 Å². The monoisotopic (exact) mass is 565 g/mol. The fourth-order valence-electron chi connectivity index (χ4n) is 4.28. The Morgan fingerprint density at radius 3 is 2.81 bits per heavy atom. The maximum absolute atomic E-state index is 12.8. The quantitative estimate of drug-likeness (QED) is 0.279. The lowest BCUT2D eigenvalue weighted by molar-refractivity contribution is -0.127. The molecule has 4 rings (SSSR count). The summed E-state index contributed by atoms with van der Waals surface area (Å²) >= 11 is 13.4. The molecular formula is C24H29Cl2N7O3S. The second kappa shape index (κ2) is 12.7. The van der Waals surface area contributed by atoms with Crippen LogP contribution in [-0.4, -0.2) is 76.7 Å². The summed E-state index contributed by atoms with van der Waals surface area (Å²) in [5.41, 5.74) is 0.639. The number of rotatable bonds is 6. The van der Waals surface area contributed by atoms with Gasteiger partial charge in [0.05, 0.1) is 5.75 Å². The zero-order chi connectivity index (χ0) is 26.4. The number of anilines is 2. The zero-order valence-electron chi connectivity index (χ0n) is 20.4. The van der Waals surface area contributed by atoms with E-state index in [1.54, 1.807) is 35.2 Å². The highest BCUT2D eigenvalue weighted by Gasteiger charge is 2.29. The van der Waals surface area contributed by atoms with Gasteiger partial charge in [-0.05, 0) is 44.4 Å². The van der Waals surface area contributed by atoms with Crippen LogP contribution in [0.2, 0.25) is 10.2 Å². The van der Waals surface area contributed by atoms with E-state index in [1.165, 1.54) is 0 Å². The predicted octanol–water partition coefficient (Wildman–Crippen LogP) is 3.40. The van der Waals surface area contributed by atoms with Gasteiger partial charge in [0.25, 0.3) is 0 Å². The van der Waals surface area contributed by atoms with Crippen molar-refractivity contribution in [2.75, 3.05) is 42.1 Å². The number of aromatic nitrogens is 2. The minimum atomic E-state index is -0.514. The Hall–Kier alpha value is -2.76. The molecule has 4 amide bonds. The van der Waals surface area contributed by atoms with Crippen LogP contribution in [0.25, 0.3) is 0 Å². The van der Waals surface area contributed by atoms with Crippen molar-refractivity contribution in [3.8, 4) is 0 Å². The van der Waals surface area contributed by atoms with Gasteiger partial charge in [-0.3, -0.25) is 9.59 Å². The molecule has 2 atom stereocenters. The SMILES string of the molecule is CC1CN(c2cc(Cl)nc(SCC(=O)NC3CCCCNC3=O)n2)CCN1C(=O)Nc1cccc(Cl)c1. The molecule has 1 aromatic carbocycles. The van der Waals surface area contributed by atoms with Crippen LogP contribution in [0.4, 0.5) is 16.3 Å². The number of thioether (sulfide) groups is 1. The first-order chi connectivity index (χ1) is 17.8. The van der Waals surface area contributed by atoms with Crippen molar-refractivity contribution in [3.05, 3.63) is 40.5 Å². The average Bonchev–Trinajstić information content (AvgIpc) is 3.06. The minimum absolute atomic E-state index is 0.0669. The van der Waals surface area contributed by atoms with Gasteiger partial charge in [-0.15, -0.1) is 0 Å². The van der Waals surface area contributed by atoms with Crippen LogP contribution in [0.3, 0.4) is 0 Å². The maximum atomic E-state index is 12.8. The molecule has 0 bridgehead atoms. The van der Waals surface area contributed by atoms with Crippen LogP contribution in [0.15, 0.2) is 35.5 Å². The first-order valence-electron chi connectivity index (χ1n) is 12.1. The van der Waals surface area contributed by atoms with Crippen LogP contribution in [0.5, 0.6) is 0 Å². The third kappa shape index (κ3) is 7.62. The summed E-state index contributed by atoms with van der Waals surface area (Å²) < 4.78 is 0. The van der Waals surface area contributed by atoms with E-state index in [9.17, 15) is 14.4 Å². The molecule has 0 aliphatic carbocycles. The van der Waals surface area contributed by atoms with Gasteiger partial charge in [0.2, 0.25) is 11.8 Å². The van der Waals surface area contributed by atoms with Gasteiger partial charge < -0.3 is 25.8 Å². The highest BCUT2D eigenvalue weighted by atomic mass is 35.5. The van der Waals surface area contributed by atoms with Gasteiger partial charge in [0.1, 0.15) is 17.0 Å². The van der Waals surface area contributed by atoms with Crippen molar-refractivity contribution in [2.24, 2.45) is 0 Å². The van der Waals surface area contributed by atoms with Gasteiger partial charge in [-0.2, -0.15) is 0 Å². The average molecular weight is 567 g/mol. The van der Waals surface area contributed by atoms with Crippen molar-refractivity contribution < 1.29 is 14.4 Å². The molecule has 198 valence electrons. The molecule has 10 nitrogen and oxygen atoms in total. The fraction of sp³-hybridized carbons (Fsp3) is 0.458. The van der Waals surface area contributed by atoms with E-state index in [0.717, 1.165) is 24.6 Å². The molecule has 2 unspecified atom stereocenters. The first-order valence-corrected chi connectivity index (χ1v) is 13.9. The van der Waals surface area contributed by atoms with Crippen LogP contribution < -0.4 is 20.9 Å². The molecule has 3 N–H and O–H groups in total. The summed E-state index contributed by atoms with van der Waals surface area (Å²) in [7, 11) is 0. The van der Waals surface area contributed by atoms with Gasteiger partial charge in [0, 0.05) is 49.0 Å². The van der Waals surface area contributed by atoms with E-state index in [0.29, 0.717) is 54.3 Å². The van der Waals surface area contributed by atoms with E-state index >= 15 is 0 Å². The van der Waals surface area contributed by atoms with Gasteiger partial charge >= 0.3 is 6.03 Å². The number of benzene rings is 1. The van der Waals surface area contributed by atoms with E-state index in [-0.39, 0.29) is 34.8 Å². The van der Waals surface area contributed by atoms with Crippen molar-refractivity contribution in [3.63, 3.8) is 0 Å². The van der Waals surface area contributed by atoms with Crippen molar-refractivity contribution >= 4 is 64.3 Å². The number of carbonyl (C=O) groups is 3. The molecule has 0 radical (unpaired) electrons. The first kappa shape index (κ1) is 27.3. The van der Waals surface area contributed by atoms with E-state index in [2.05, 4.69) is 25.9 Å². The molecule has 0 saturated carbocycles. The molecule has 0 spiro atoms. The van der Waals surface area contributed by atoms with Gasteiger partial charge in [-0.1, -0.05) is 41.0 Å². The normalized spacial score (nSPS) is 20.1. The molecule has 1 aromatic heterocycles. The Labute approximate surface area is 229 Å². The number of amides is 4. The Bertz CT molecular complexity index is 1160. The highest BCUT2D eigenvalue weighted by molar-refractivity contribution is 7.99. The van der Waals surface area contributed by atoms with Crippen LogP contribution in [-0.2, 0) is 9.59 Å². The number of halogens is 2. The second-order valence-electron chi connectivity index (χ2n) is 8.96. The van der Waals surface area contributed by atoms with Crippen LogP contribution >= 0.6 is 35.0 Å². The maximum Gasteiger partial charge on any atom is 0.322 e. The lowest BCUT2D eigenvalue weighted by Crippen LogP contribution is -2.55. The molecule has 37 heavy (non-hydrogen) atoms. The number of piperazine rings is 1. The molecule has 2 fully saturated rings. The fourth-order valence-corrected chi connectivity index (χ4v) is 5.37. The number of carbonyl (C=O) groups excluding carboxylic acids is 3. The largest absolute Gasteiger partial charge is 0.354 e. The molecular weight excluding hydrogens is 537 g/mol. The summed E-state index contributed by atoms with van der Waals surface area (Å²) in [5, 5.41) is 9.69. The van der Waals surface area contributed by atoms with Crippen LogP contribution in [0, 0.1) is 0 Å². The van der Waals surface area contributed by atoms with E-state index < -0.39 is 6.04 Å². The van der Waals surface area contributed by atoms with Crippen molar-refractivity contribution in [1.29, 1.82) is 0 Å². The summed E-state index contributed by atoms with van der Waals surface area (Å²) in [6, 6.07) is 7.91. The lowest BCUT2D eigenvalue weighted by Gasteiger charge is -2.40. The second-order valence-corrected chi connectivity index (χ2v) is 10.7. The van der Waals surface area contributed by atoms with E-state index in [1.807, 2.05) is 11.8 Å². The summed E-state index contributed by atoms with van der Waals surface area (Å²) in [5.74, 6) is 0.293. The molecule has 2 aliphatic rings. The standard InChI is InChI=1S/C24H29Cl2N7O3S/c1-15-13-32(9-10-33(15)24(36)28-17-6-4-5-16(25)11-17)20-12-19(26)30-23(31-20)37-14-21(34)29-18-7-2-3-8-27-22(18)35/h4-6,11-12,15,18H,2-3,7-10,13-14H2,1H3,(H,27,35)(H,28,36)(H,29,34). The Balaban J connectivity index is 1.32. The van der Waals surface area contributed by atoms with Crippen molar-refractivity contribution in [2.45, 2.75) is 43.4 Å². The summed E-state index contributed by atoms with van der Waals surface area (Å²) in [6.07, 6.45) is 2.41. The lowest BCUT2D eigenvalue weighted by atomic mass is 10.1. The number of urea groups is 1. The Morgan fingerprint density at radius 2 is 2.03 bits per heavy atom. The van der Waals surface area contributed by atoms with E-state index in [4.69, 9.17) is 23.2 Å². The topological polar surface area (TPSA) is 120 Å². The number of nitrogens with zero attached hydrogens (tertiary/aromatic N) is 4. The molecule has 3 heterocycles. The Kier molecular flexibility index (Phi) is 9.33. The molecule has 13 heteroatoms. The third-order valence-corrected chi connectivity index (χ3v) is 7.43. The predicted molar refractivity (Wildman–Crippen MR) is 145 cm³/mol. The third-order valence-electron chi connectivity index (χ3n) is 6.15. The number of hydrogen-bond acceptors (Lipinski definition) is 7. The smallest absolute Gasteiger partial charge is 0.322 e. The number of hydrogen-bond donors (Lipinski definition) is 3. The van der Waals surface area contributed by atoms with Gasteiger partial charge in [-0.25, -0.2) is 14.8 Å². The van der Waals surface area contributed by atoms with Crippen molar-refractivity contribution in [1.82, 2.24) is 25.5 Å². The zero-order valence-corrected chi connectivity index (χ0v) is 22.7. The van der Waals surface area contributed by atoms with Crippen LogP contribution in [0.1, 0.15) is 26.2 Å². The summed E-state index contributed by atoms with van der Waals surface area (Å²) in [6.45, 7) is 4.21. The molecule has 2 aromatic rings. The molecule has 2 saturated heterocycles. The highest BCUT2D eigenvalue weighted by Crippen LogP contribution is 2.25. The summed E-state index contributed by atoms with van der Waals surface area (Å²) in [4.78, 5) is 50.0. The molecule has 2 aliphatic heterocycles. The minimum Gasteiger partial charge on any atom is -0.354 e.